The second-order valence-electron chi connectivity index (χ2n) is 4.82. The number of carbonyl (C=O) groups is 3. The van der Waals surface area contributed by atoms with Crippen LogP contribution in [-0.4, -0.2) is 47.6 Å². The summed E-state index contributed by atoms with van der Waals surface area (Å²) in [7, 11) is 1.16. The van der Waals surface area contributed by atoms with Gasteiger partial charge in [0.2, 0.25) is 12.3 Å². The highest BCUT2D eigenvalue weighted by atomic mass is 32.1. The maximum atomic E-state index is 11.8. The highest BCUT2D eigenvalue weighted by Gasteiger charge is 2.19. The summed E-state index contributed by atoms with van der Waals surface area (Å²) >= 11 is 0.975. The van der Waals surface area contributed by atoms with Crippen LogP contribution in [0.25, 0.3) is 0 Å². The highest BCUT2D eigenvalue weighted by molar-refractivity contribution is 7.14. The monoisotopic (exact) mass is 393 g/mol. The number of benzene rings is 1. The zero-order chi connectivity index (χ0) is 19.6. The van der Waals surface area contributed by atoms with Gasteiger partial charge in [-0.25, -0.2) is 19.4 Å². The maximum Gasteiger partial charge on any atom is 0.413 e. The minimum atomic E-state index is -1.41. The first-order chi connectivity index (χ1) is 13.0. The number of nitrogens with one attached hydrogen (secondary N) is 1. The molecule has 0 fully saturated rings. The molecule has 0 radical (unpaired) electrons. The normalized spacial score (nSPS) is 10.8. The summed E-state index contributed by atoms with van der Waals surface area (Å²) in [4.78, 5) is 42.6. The average molecular weight is 393 g/mol. The lowest BCUT2D eigenvalue weighted by Gasteiger charge is -2.04. The van der Waals surface area contributed by atoms with Gasteiger partial charge in [0.25, 0.3) is 0 Å². The number of anilines is 1. The lowest BCUT2D eigenvalue weighted by atomic mass is 10.2. The summed E-state index contributed by atoms with van der Waals surface area (Å²) in [6.45, 7) is -0.470. The van der Waals surface area contributed by atoms with Crippen molar-refractivity contribution in [1.82, 2.24) is 4.98 Å². The van der Waals surface area contributed by atoms with E-state index in [0.717, 1.165) is 24.0 Å². The fraction of sp³-hybridized carbons (Fsp3) is 0.188. The maximum absolute atomic E-state index is 11.8. The number of ether oxygens (including phenoxy) is 2. The number of nitrogens with zero attached hydrogens (tertiary/aromatic N) is 2. The van der Waals surface area contributed by atoms with E-state index < -0.39 is 30.4 Å². The molecule has 2 aromatic rings. The second-order valence-corrected chi connectivity index (χ2v) is 5.68. The topological polar surface area (TPSA) is 136 Å². The van der Waals surface area contributed by atoms with Crippen molar-refractivity contribution in [2.24, 2.45) is 5.16 Å². The van der Waals surface area contributed by atoms with Crippen LogP contribution in [0.1, 0.15) is 11.3 Å². The summed E-state index contributed by atoms with van der Waals surface area (Å²) in [5.74, 6) is -2.13. The van der Waals surface area contributed by atoms with E-state index in [1.165, 1.54) is 5.38 Å². The van der Waals surface area contributed by atoms with Gasteiger partial charge in [0.15, 0.2) is 5.13 Å². The number of carboxylic acids is 1. The number of esters is 1. The molecule has 0 bridgehead atoms. The third-order valence-corrected chi connectivity index (χ3v) is 3.69. The highest BCUT2D eigenvalue weighted by Crippen LogP contribution is 2.17. The summed E-state index contributed by atoms with van der Waals surface area (Å²) in [5.41, 5.74) is 0.243. The van der Waals surface area contributed by atoms with Crippen molar-refractivity contribution in [1.29, 1.82) is 0 Å². The van der Waals surface area contributed by atoms with Crippen LogP contribution in [0.5, 0.6) is 0 Å². The van der Waals surface area contributed by atoms with Crippen LogP contribution in [0.2, 0.25) is 0 Å². The number of amides is 1. The first-order valence-corrected chi connectivity index (χ1v) is 8.31. The number of carbonyl (C=O) groups excluding carboxylic acids is 2. The number of carboxylic acid groups (broad SMARTS) is 1. The van der Waals surface area contributed by atoms with Gasteiger partial charge in [-0.2, -0.15) is 0 Å². The van der Waals surface area contributed by atoms with Crippen molar-refractivity contribution in [2.75, 3.05) is 19.0 Å². The zero-order valence-electron chi connectivity index (χ0n) is 14.1. The van der Waals surface area contributed by atoms with Gasteiger partial charge in [-0.3, -0.25) is 5.32 Å². The Hall–Kier alpha value is -3.47. The molecule has 0 unspecified atom stereocenters. The quantitative estimate of drug-likeness (QED) is 0.394. The van der Waals surface area contributed by atoms with E-state index in [1.54, 1.807) is 12.1 Å². The molecule has 2 rings (SSSR count). The fourth-order valence-corrected chi connectivity index (χ4v) is 2.37. The molecule has 27 heavy (non-hydrogen) atoms. The van der Waals surface area contributed by atoms with Crippen molar-refractivity contribution in [3.8, 4) is 0 Å². The number of hydrogen-bond acceptors (Lipinski definition) is 9. The van der Waals surface area contributed by atoms with E-state index in [4.69, 9.17) is 4.74 Å². The standard InChI is InChI=1S/C16H15N3O7S/c1-24-12(20)8-26-19-13(14(21)22)11-9-27-15(17-11)18-16(23)25-7-10-5-3-2-4-6-10/h2-6,9H,7-8H2,1H3,(H,21,22)(H,17,18,23). The zero-order valence-corrected chi connectivity index (χ0v) is 14.9. The van der Waals surface area contributed by atoms with Crippen molar-refractivity contribution in [2.45, 2.75) is 6.61 Å². The lowest BCUT2D eigenvalue weighted by Crippen LogP contribution is -2.18. The van der Waals surface area contributed by atoms with E-state index in [0.29, 0.717) is 0 Å². The molecule has 1 aromatic carbocycles. The summed E-state index contributed by atoms with van der Waals surface area (Å²) < 4.78 is 9.39. The molecule has 1 aromatic heterocycles. The molecule has 0 aliphatic rings. The van der Waals surface area contributed by atoms with Gasteiger partial charge in [-0.1, -0.05) is 35.5 Å². The Morgan fingerprint density at radius 2 is 2.00 bits per heavy atom. The van der Waals surface area contributed by atoms with Crippen LogP contribution < -0.4 is 5.32 Å². The summed E-state index contributed by atoms with van der Waals surface area (Å²) in [6.07, 6.45) is -0.740. The van der Waals surface area contributed by atoms with E-state index >= 15 is 0 Å². The molecular formula is C16H15N3O7S. The van der Waals surface area contributed by atoms with Gasteiger partial charge in [-0.15, -0.1) is 11.3 Å². The Kier molecular flexibility index (Phi) is 7.26. The Balaban J connectivity index is 1.94. The smallest absolute Gasteiger partial charge is 0.413 e. The molecule has 1 amide bonds. The van der Waals surface area contributed by atoms with Gasteiger partial charge >= 0.3 is 18.0 Å². The lowest BCUT2D eigenvalue weighted by molar-refractivity contribution is -0.146. The third kappa shape index (κ3) is 6.40. The average Bonchev–Trinajstić information content (AvgIpc) is 3.11. The van der Waals surface area contributed by atoms with E-state index in [2.05, 4.69) is 25.0 Å². The Bertz CT molecular complexity index is 836. The minimum absolute atomic E-state index is 0.0456. The molecular weight excluding hydrogens is 378 g/mol. The minimum Gasteiger partial charge on any atom is -0.476 e. The summed E-state index contributed by atoms with van der Waals surface area (Å²) in [5, 5.41) is 16.4. The number of thiazole rings is 1. The van der Waals surface area contributed by atoms with Crippen LogP contribution in [0.3, 0.4) is 0 Å². The Morgan fingerprint density at radius 1 is 1.26 bits per heavy atom. The first-order valence-electron chi connectivity index (χ1n) is 7.43. The molecule has 142 valence electrons. The van der Waals surface area contributed by atoms with Gasteiger partial charge in [0.05, 0.1) is 7.11 Å². The molecule has 0 aliphatic carbocycles. The van der Waals surface area contributed by atoms with Gasteiger partial charge in [0.1, 0.15) is 12.3 Å². The summed E-state index contributed by atoms with van der Waals surface area (Å²) in [6, 6.07) is 9.09. The van der Waals surface area contributed by atoms with Gasteiger partial charge < -0.3 is 19.4 Å². The molecule has 0 atom stereocenters. The number of aromatic nitrogens is 1. The number of aliphatic carboxylic acids is 1. The predicted molar refractivity (Wildman–Crippen MR) is 94.5 cm³/mol. The van der Waals surface area contributed by atoms with Gasteiger partial charge in [-0.05, 0) is 5.56 Å². The van der Waals surface area contributed by atoms with Crippen LogP contribution in [0.15, 0.2) is 40.9 Å². The predicted octanol–water partition coefficient (Wildman–Crippen LogP) is 1.87. The SMILES string of the molecule is COC(=O)CON=C(C(=O)O)c1csc(NC(=O)OCc2ccccc2)n1. The van der Waals surface area contributed by atoms with Crippen LogP contribution >= 0.6 is 11.3 Å². The molecule has 10 nitrogen and oxygen atoms in total. The molecule has 0 aliphatic heterocycles. The number of methoxy groups -OCH3 is 1. The van der Waals surface area contributed by atoms with E-state index in [1.807, 2.05) is 18.2 Å². The molecule has 0 saturated carbocycles. The largest absolute Gasteiger partial charge is 0.476 e. The Morgan fingerprint density at radius 3 is 2.67 bits per heavy atom. The third-order valence-electron chi connectivity index (χ3n) is 2.94. The van der Waals surface area contributed by atoms with Crippen molar-refractivity contribution in [3.63, 3.8) is 0 Å². The fourth-order valence-electron chi connectivity index (χ4n) is 1.69. The van der Waals surface area contributed by atoms with E-state index in [9.17, 15) is 19.5 Å². The van der Waals surface area contributed by atoms with Crippen molar-refractivity contribution in [3.05, 3.63) is 47.0 Å². The van der Waals surface area contributed by atoms with Crippen molar-refractivity contribution < 1.29 is 33.8 Å². The van der Waals surface area contributed by atoms with Crippen molar-refractivity contribution >= 4 is 40.2 Å². The molecule has 11 heteroatoms. The number of hydrogen-bond donors (Lipinski definition) is 2. The molecule has 0 spiro atoms. The van der Waals surface area contributed by atoms with Gasteiger partial charge in [0, 0.05) is 5.38 Å². The second kappa shape index (κ2) is 9.87. The van der Waals surface area contributed by atoms with Crippen LogP contribution in [0, 0.1) is 0 Å². The van der Waals surface area contributed by atoms with Crippen LogP contribution in [0.4, 0.5) is 9.93 Å². The molecule has 1 heterocycles. The van der Waals surface area contributed by atoms with E-state index in [-0.39, 0.29) is 17.4 Å². The molecule has 2 N–H and O–H groups in total. The van der Waals surface area contributed by atoms with Crippen LogP contribution in [-0.2, 0) is 30.5 Å². The Labute approximate surface area is 157 Å². The number of oxime groups is 1. The first kappa shape index (κ1) is 19.8. The number of rotatable bonds is 8. The molecule has 0 saturated heterocycles.